The molecule has 0 heterocycles. The minimum Gasteiger partial charge on any atom is -0.491 e. The Bertz CT molecular complexity index is 713. The molecule has 0 radical (unpaired) electrons. The standard InChI is InChI=1S/C21H28N2O2/c1-15-9-8-10-16(2)19(15)25-14-13-22-20(24)23-18-12-7-6-11-17(18)21(3,4)5/h6-12H,13-14H2,1-5H3,(H2,22,23,24). The Morgan fingerprint density at radius 3 is 2.28 bits per heavy atom. The zero-order valence-corrected chi connectivity index (χ0v) is 15.8. The van der Waals surface area contributed by atoms with Gasteiger partial charge in [-0.3, -0.25) is 0 Å². The number of amides is 2. The highest BCUT2D eigenvalue weighted by atomic mass is 16.5. The number of anilines is 1. The van der Waals surface area contributed by atoms with E-state index < -0.39 is 0 Å². The molecule has 0 saturated carbocycles. The van der Waals surface area contributed by atoms with Crippen molar-refractivity contribution in [1.29, 1.82) is 0 Å². The second-order valence-electron chi connectivity index (χ2n) is 7.25. The van der Waals surface area contributed by atoms with Crippen LogP contribution in [0.15, 0.2) is 42.5 Å². The monoisotopic (exact) mass is 340 g/mol. The van der Waals surface area contributed by atoms with Gasteiger partial charge >= 0.3 is 6.03 Å². The Hall–Kier alpha value is -2.49. The summed E-state index contributed by atoms with van der Waals surface area (Å²) in [5.41, 5.74) is 4.11. The van der Waals surface area contributed by atoms with Gasteiger partial charge in [-0.15, -0.1) is 0 Å². The van der Waals surface area contributed by atoms with E-state index in [1.54, 1.807) is 0 Å². The van der Waals surface area contributed by atoms with Crippen molar-refractivity contribution < 1.29 is 9.53 Å². The maximum Gasteiger partial charge on any atom is 0.319 e. The number of nitrogens with one attached hydrogen (secondary N) is 2. The summed E-state index contributed by atoms with van der Waals surface area (Å²) in [6, 6.07) is 13.7. The van der Waals surface area contributed by atoms with Crippen LogP contribution >= 0.6 is 0 Å². The van der Waals surface area contributed by atoms with E-state index in [1.807, 2.05) is 56.3 Å². The fourth-order valence-electron chi connectivity index (χ4n) is 2.76. The molecule has 0 fully saturated rings. The lowest BCUT2D eigenvalue weighted by Crippen LogP contribution is -2.33. The van der Waals surface area contributed by atoms with Crippen LogP contribution in [-0.2, 0) is 5.41 Å². The molecule has 0 saturated heterocycles. The first-order valence-electron chi connectivity index (χ1n) is 8.62. The summed E-state index contributed by atoms with van der Waals surface area (Å²) in [5.74, 6) is 0.891. The van der Waals surface area contributed by atoms with Crippen molar-refractivity contribution in [2.24, 2.45) is 0 Å². The summed E-state index contributed by atoms with van der Waals surface area (Å²) in [7, 11) is 0. The quantitative estimate of drug-likeness (QED) is 0.768. The first-order chi connectivity index (χ1) is 11.8. The van der Waals surface area contributed by atoms with E-state index in [-0.39, 0.29) is 11.4 Å². The summed E-state index contributed by atoms with van der Waals surface area (Å²) in [6.45, 7) is 11.3. The van der Waals surface area contributed by atoms with Gasteiger partial charge in [0.2, 0.25) is 0 Å². The lowest BCUT2D eigenvalue weighted by atomic mass is 9.86. The molecule has 2 aromatic carbocycles. The number of ether oxygens (including phenoxy) is 1. The zero-order chi connectivity index (χ0) is 18.4. The van der Waals surface area contributed by atoms with Gasteiger partial charge in [0.25, 0.3) is 0 Å². The molecular weight excluding hydrogens is 312 g/mol. The van der Waals surface area contributed by atoms with Crippen LogP contribution in [-0.4, -0.2) is 19.2 Å². The molecule has 0 aliphatic rings. The second-order valence-corrected chi connectivity index (χ2v) is 7.25. The number of rotatable bonds is 5. The first kappa shape index (κ1) is 18.8. The first-order valence-corrected chi connectivity index (χ1v) is 8.62. The topological polar surface area (TPSA) is 50.4 Å². The van der Waals surface area contributed by atoms with Gasteiger partial charge in [-0.05, 0) is 42.0 Å². The Kier molecular flexibility index (Phi) is 6.07. The highest BCUT2D eigenvalue weighted by Crippen LogP contribution is 2.29. The largest absolute Gasteiger partial charge is 0.491 e. The predicted molar refractivity (Wildman–Crippen MR) is 104 cm³/mol. The number of carbonyl (C=O) groups excluding carboxylic acids is 1. The Morgan fingerprint density at radius 2 is 1.64 bits per heavy atom. The van der Waals surface area contributed by atoms with Crippen molar-refractivity contribution in [3.63, 3.8) is 0 Å². The van der Waals surface area contributed by atoms with Crippen molar-refractivity contribution in [1.82, 2.24) is 5.32 Å². The normalized spacial score (nSPS) is 11.1. The van der Waals surface area contributed by atoms with E-state index in [4.69, 9.17) is 4.74 Å². The van der Waals surface area contributed by atoms with Crippen molar-refractivity contribution >= 4 is 11.7 Å². The minimum atomic E-state index is -0.221. The molecule has 4 nitrogen and oxygen atoms in total. The molecule has 4 heteroatoms. The Morgan fingerprint density at radius 1 is 1.00 bits per heavy atom. The number of urea groups is 1. The molecule has 2 amide bonds. The molecule has 25 heavy (non-hydrogen) atoms. The lowest BCUT2D eigenvalue weighted by Gasteiger charge is -2.23. The molecule has 0 unspecified atom stereocenters. The maximum absolute atomic E-state index is 12.2. The van der Waals surface area contributed by atoms with E-state index >= 15 is 0 Å². The van der Waals surface area contributed by atoms with Crippen molar-refractivity contribution in [2.75, 3.05) is 18.5 Å². The van der Waals surface area contributed by atoms with E-state index in [0.717, 1.165) is 28.1 Å². The van der Waals surface area contributed by atoms with Gasteiger partial charge < -0.3 is 15.4 Å². The Labute approximate surface area is 150 Å². The van der Waals surface area contributed by atoms with Gasteiger partial charge in [0.05, 0.1) is 6.54 Å². The number of para-hydroxylation sites is 2. The number of hydrogen-bond acceptors (Lipinski definition) is 2. The van der Waals surface area contributed by atoms with Gasteiger partial charge in [0, 0.05) is 5.69 Å². The van der Waals surface area contributed by atoms with Crippen LogP contribution in [0.25, 0.3) is 0 Å². The molecule has 0 atom stereocenters. The van der Waals surface area contributed by atoms with Crippen LogP contribution in [0.2, 0.25) is 0 Å². The van der Waals surface area contributed by atoms with E-state index in [9.17, 15) is 4.79 Å². The van der Waals surface area contributed by atoms with Crippen LogP contribution in [0, 0.1) is 13.8 Å². The molecule has 0 aliphatic heterocycles. The highest BCUT2D eigenvalue weighted by Gasteiger charge is 2.18. The van der Waals surface area contributed by atoms with E-state index in [1.165, 1.54) is 0 Å². The fourth-order valence-corrected chi connectivity index (χ4v) is 2.76. The average Bonchev–Trinajstić information content (AvgIpc) is 2.53. The summed E-state index contributed by atoms with van der Waals surface area (Å²) >= 11 is 0. The number of aryl methyl sites for hydroxylation is 2. The third-order valence-corrected chi connectivity index (χ3v) is 4.03. The summed E-state index contributed by atoms with van der Waals surface area (Å²) in [6.07, 6.45) is 0. The summed E-state index contributed by atoms with van der Waals surface area (Å²) < 4.78 is 5.80. The van der Waals surface area contributed by atoms with Gasteiger partial charge in [0.15, 0.2) is 0 Å². The fraction of sp³-hybridized carbons (Fsp3) is 0.381. The Balaban J connectivity index is 1.86. The molecule has 0 aromatic heterocycles. The molecule has 2 N–H and O–H groups in total. The predicted octanol–water partition coefficient (Wildman–Crippen LogP) is 4.80. The van der Waals surface area contributed by atoms with E-state index in [2.05, 4.69) is 31.4 Å². The molecular formula is C21H28N2O2. The van der Waals surface area contributed by atoms with E-state index in [0.29, 0.717) is 13.2 Å². The molecule has 2 rings (SSSR count). The molecule has 0 aliphatic carbocycles. The van der Waals surface area contributed by atoms with Crippen LogP contribution in [0.3, 0.4) is 0 Å². The van der Waals surface area contributed by atoms with Crippen molar-refractivity contribution in [3.05, 3.63) is 59.2 Å². The minimum absolute atomic E-state index is 0.0324. The van der Waals surface area contributed by atoms with Crippen LogP contribution < -0.4 is 15.4 Å². The van der Waals surface area contributed by atoms with Gasteiger partial charge in [0.1, 0.15) is 12.4 Å². The molecule has 0 spiro atoms. The molecule has 0 bridgehead atoms. The van der Waals surface area contributed by atoms with Crippen molar-refractivity contribution in [3.8, 4) is 5.75 Å². The van der Waals surface area contributed by atoms with Gasteiger partial charge in [-0.25, -0.2) is 4.79 Å². The molecule has 134 valence electrons. The third-order valence-electron chi connectivity index (χ3n) is 4.03. The third kappa shape index (κ3) is 5.24. The maximum atomic E-state index is 12.2. The number of hydrogen-bond donors (Lipinski definition) is 2. The van der Waals surface area contributed by atoms with Crippen LogP contribution in [0.1, 0.15) is 37.5 Å². The SMILES string of the molecule is Cc1cccc(C)c1OCCNC(=O)Nc1ccccc1C(C)(C)C. The van der Waals surface area contributed by atoms with Crippen molar-refractivity contribution in [2.45, 2.75) is 40.0 Å². The summed E-state index contributed by atoms with van der Waals surface area (Å²) in [4.78, 5) is 12.2. The lowest BCUT2D eigenvalue weighted by molar-refractivity contribution is 0.247. The molecule has 2 aromatic rings. The van der Waals surface area contributed by atoms with Crippen LogP contribution in [0.4, 0.5) is 10.5 Å². The summed E-state index contributed by atoms with van der Waals surface area (Å²) in [5, 5.41) is 5.78. The zero-order valence-electron chi connectivity index (χ0n) is 15.8. The average molecular weight is 340 g/mol. The van der Waals surface area contributed by atoms with Crippen LogP contribution in [0.5, 0.6) is 5.75 Å². The van der Waals surface area contributed by atoms with Gasteiger partial charge in [-0.2, -0.15) is 0 Å². The second kappa shape index (κ2) is 8.06. The smallest absolute Gasteiger partial charge is 0.319 e. The number of benzene rings is 2. The van der Waals surface area contributed by atoms with Gasteiger partial charge in [-0.1, -0.05) is 57.2 Å². The number of carbonyl (C=O) groups is 1. The highest BCUT2D eigenvalue weighted by molar-refractivity contribution is 5.90.